The van der Waals surface area contributed by atoms with Crippen LogP contribution in [0.25, 0.3) is 77.5 Å². The van der Waals surface area contributed by atoms with E-state index < -0.39 is 0 Å². The third kappa shape index (κ3) is 6.27. The van der Waals surface area contributed by atoms with Gasteiger partial charge in [-0.3, -0.25) is 0 Å². The predicted octanol–water partition coefficient (Wildman–Crippen LogP) is 12.3. The van der Waals surface area contributed by atoms with E-state index in [9.17, 15) is 5.11 Å². The molecule has 3 heterocycles. The van der Waals surface area contributed by atoms with Crippen molar-refractivity contribution in [3.63, 3.8) is 0 Å². The number of imidazole rings is 1. The number of rotatable bonds is 4. The zero-order valence-electron chi connectivity index (χ0n) is 32.3. The van der Waals surface area contributed by atoms with Crippen LogP contribution in [0, 0.1) is 13.8 Å². The summed E-state index contributed by atoms with van der Waals surface area (Å²) in [4.78, 5) is 16.0. The Morgan fingerprint density at radius 1 is 0.642 bits per heavy atom. The number of hydrogen-bond acceptors (Lipinski definition) is 3. The van der Waals surface area contributed by atoms with Crippen molar-refractivity contribution in [2.75, 3.05) is 0 Å². The number of fused-ring (bicyclic) bond motifs is 5. The van der Waals surface area contributed by atoms with Crippen molar-refractivity contribution in [1.82, 2.24) is 19.5 Å². The molecular formula is C47H47N4OPt-. The SMILES string of the molecule is Cc1cc(C)cc(-c2cc(-c3cccc4c3nc(-c3cc(C(C)(C)C)cc5c3[n-]c3ccc(C(C)(C)C)cc35)n4C(C)C)nc3c(O)cccc23)c1.[Pt]. The molecule has 0 saturated carbocycles. The Hall–Kier alpha value is -4.73. The van der Waals surface area contributed by atoms with Gasteiger partial charge in [-0.25, -0.2) is 9.97 Å². The van der Waals surface area contributed by atoms with E-state index in [2.05, 4.69) is 147 Å². The molecule has 0 aliphatic rings. The summed E-state index contributed by atoms with van der Waals surface area (Å²) in [7, 11) is 0. The van der Waals surface area contributed by atoms with Gasteiger partial charge in [-0.2, -0.15) is 0 Å². The Kier molecular flexibility index (Phi) is 8.97. The van der Waals surface area contributed by atoms with Crippen molar-refractivity contribution in [2.45, 2.75) is 86.1 Å². The van der Waals surface area contributed by atoms with E-state index in [0.29, 0.717) is 5.52 Å². The molecule has 5 nitrogen and oxygen atoms in total. The fourth-order valence-corrected chi connectivity index (χ4v) is 7.78. The van der Waals surface area contributed by atoms with Gasteiger partial charge in [0.25, 0.3) is 0 Å². The van der Waals surface area contributed by atoms with Crippen LogP contribution in [0.4, 0.5) is 0 Å². The van der Waals surface area contributed by atoms with E-state index in [-0.39, 0.29) is 43.7 Å². The van der Waals surface area contributed by atoms with E-state index in [1.54, 1.807) is 6.07 Å². The van der Waals surface area contributed by atoms with Crippen molar-refractivity contribution in [1.29, 1.82) is 0 Å². The van der Waals surface area contributed by atoms with Crippen LogP contribution in [0.2, 0.25) is 0 Å². The number of para-hydroxylation sites is 2. The minimum Gasteiger partial charge on any atom is -0.656 e. The standard InChI is InChI=1S/C47H47N4O.Pt/c1-26(2)51-40-15-11-14-33(39-25-34(29-20-27(3)19-28(4)21-29)32-13-12-16-41(52)44(32)49-39)43(40)50-45(51)37-24-31(47(8,9)10)23-36-35-22-30(46(5,6)7)17-18-38(35)48-42(36)37;/h11-26H,1-10H3,(H-,48,49,50,52);/q-1;. The van der Waals surface area contributed by atoms with E-state index in [1.165, 1.54) is 27.6 Å². The van der Waals surface area contributed by atoms with E-state index in [4.69, 9.17) is 15.0 Å². The molecule has 1 N–H and O–H groups in total. The van der Waals surface area contributed by atoms with Gasteiger partial charge in [-0.1, -0.05) is 119 Å². The number of nitrogens with zero attached hydrogens (tertiary/aromatic N) is 4. The Labute approximate surface area is 326 Å². The van der Waals surface area contributed by atoms with Crippen LogP contribution in [-0.2, 0) is 31.9 Å². The van der Waals surface area contributed by atoms with Gasteiger partial charge in [0.2, 0.25) is 0 Å². The zero-order chi connectivity index (χ0) is 36.9. The smallest absolute Gasteiger partial charge is 0.141 e. The van der Waals surface area contributed by atoms with Crippen molar-refractivity contribution < 1.29 is 26.2 Å². The molecule has 0 fully saturated rings. The fourth-order valence-electron chi connectivity index (χ4n) is 7.78. The van der Waals surface area contributed by atoms with Gasteiger partial charge in [0.05, 0.1) is 16.7 Å². The maximum Gasteiger partial charge on any atom is 0.141 e. The molecule has 0 aliphatic heterocycles. The summed E-state index contributed by atoms with van der Waals surface area (Å²) in [6.07, 6.45) is 0. The van der Waals surface area contributed by atoms with Gasteiger partial charge in [-0.15, -0.1) is 11.0 Å². The molecule has 272 valence electrons. The summed E-state index contributed by atoms with van der Waals surface area (Å²) in [5.74, 6) is 1.06. The average molecular weight is 879 g/mol. The summed E-state index contributed by atoms with van der Waals surface area (Å²) in [6.45, 7) is 22.3. The number of phenolic OH excluding ortho intramolecular Hbond substituents is 1. The molecule has 0 atom stereocenters. The monoisotopic (exact) mass is 878 g/mol. The molecular weight excluding hydrogens is 832 g/mol. The number of pyridine rings is 1. The molecule has 0 unspecified atom stereocenters. The molecule has 0 amide bonds. The topological polar surface area (TPSA) is 65.0 Å². The van der Waals surface area contributed by atoms with E-state index in [0.717, 1.165) is 66.6 Å². The maximum atomic E-state index is 11.1. The quantitative estimate of drug-likeness (QED) is 0.191. The van der Waals surface area contributed by atoms with Gasteiger partial charge < -0.3 is 14.7 Å². The first-order chi connectivity index (χ1) is 24.6. The van der Waals surface area contributed by atoms with Gasteiger partial charge in [0, 0.05) is 43.6 Å². The fraction of sp³-hybridized carbons (Fsp3) is 0.277. The molecule has 53 heavy (non-hydrogen) atoms. The second-order valence-corrected chi connectivity index (χ2v) is 16.9. The van der Waals surface area contributed by atoms with Crippen LogP contribution in [0.5, 0.6) is 5.75 Å². The first-order valence-corrected chi connectivity index (χ1v) is 18.4. The van der Waals surface area contributed by atoms with Crippen molar-refractivity contribution in [3.8, 4) is 39.5 Å². The van der Waals surface area contributed by atoms with Crippen LogP contribution >= 0.6 is 0 Å². The summed E-state index contributed by atoms with van der Waals surface area (Å²) in [5, 5.41) is 14.4. The summed E-state index contributed by atoms with van der Waals surface area (Å²) in [5.41, 5.74) is 14.2. The zero-order valence-corrected chi connectivity index (χ0v) is 34.6. The molecule has 8 rings (SSSR count). The Morgan fingerprint density at radius 2 is 1.32 bits per heavy atom. The van der Waals surface area contributed by atoms with Crippen LogP contribution in [0.1, 0.15) is 83.7 Å². The number of phenols is 1. The predicted molar refractivity (Wildman–Crippen MR) is 219 cm³/mol. The summed E-state index contributed by atoms with van der Waals surface area (Å²) >= 11 is 0. The largest absolute Gasteiger partial charge is 0.656 e. The molecule has 6 heteroatoms. The van der Waals surface area contributed by atoms with Crippen LogP contribution in [0.15, 0.2) is 91.0 Å². The first kappa shape index (κ1) is 36.6. The molecule has 0 spiro atoms. The summed E-state index contributed by atoms with van der Waals surface area (Å²) < 4.78 is 2.35. The first-order valence-electron chi connectivity index (χ1n) is 18.4. The van der Waals surface area contributed by atoms with Gasteiger partial charge in [-0.05, 0) is 95.8 Å². The van der Waals surface area contributed by atoms with Crippen LogP contribution in [-0.4, -0.2) is 19.6 Å². The molecule has 0 radical (unpaired) electrons. The molecule has 0 bridgehead atoms. The molecule has 0 saturated heterocycles. The normalized spacial score (nSPS) is 12.4. The third-order valence-corrected chi connectivity index (χ3v) is 10.5. The third-order valence-electron chi connectivity index (χ3n) is 10.5. The second-order valence-electron chi connectivity index (χ2n) is 16.9. The van der Waals surface area contributed by atoms with Crippen molar-refractivity contribution in [2.24, 2.45) is 0 Å². The van der Waals surface area contributed by atoms with E-state index >= 15 is 0 Å². The van der Waals surface area contributed by atoms with Gasteiger partial charge in [0.1, 0.15) is 17.1 Å². The molecule has 0 aliphatic carbocycles. The van der Waals surface area contributed by atoms with Gasteiger partial charge in [0.15, 0.2) is 0 Å². The number of aromatic hydroxyl groups is 1. The molecule has 8 aromatic rings. The van der Waals surface area contributed by atoms with Crippen LogP contribution in [0.3, 0.4) is 0 Å². The summed E-state index contributed by atoms with van der Waals surface area (Å²) in [6, 6.07) is 32.3. The van der Waals surface area contributed by atoms with Crippen molar-refractivity contribution in [3.05, 3.63) is 113 Å². The minimum absolute atomic E-state index is 0. The van der Waals surface area contributed by atoms with Crippen molar-refractivity contribution >= 4 is 43.7 Å². The number of benzene rings is 5. The second kappa shape index (κ2) is 13.0. The average Bonchev–Trinajstić information content (AvgIpc) is 3.65. The van der Waals surface area contributed by atoms with E-state index in [1.807, 2.05) is 12.1 Å². The number of aromatic nitrogens is 4. The van der Waals surface area contributed by atoms with Gasteiger partial charge >= 0.3 is 0 Å². The number of hydrogen-bond donors (Lipinski definition) is 1. The Morgan fingerprint density at radius 3 is 2.00 bits per heavy atom. The molecule has 5 aromatic carbocycles. The number of aryl methyl sites for hydroxylation is 2. The molecule has 3 aromatic heterocycles. The maximum absolute atomic E-state index is 11.1. The minimum atomic E-state index is -0.0877. The Balaban J connectivity index is 0.00000435. The Bertz CT molecular complexity index is 2700. The van der Waals surface area contributed by atoms with Crippen LogP contribution < -0.4 is 4.98 Å².